The van der Waals surface area contributed by atoms with Gasteiger partial charge in [0.25, 0.3) is 0 Å². The highest BCUT2D eigenvalue weighted by molar-refractivity contribution is 7.80. The smallest absolute Gasteiger partial charge is 0.158 e. The van der Waals surface area contributed by atoms with Gasteiger partial charge in [0.15, 0.2) is 5.78 Å². The number of hydrogen-bond donors (Lipinski definition) is 2. The van der Waals surface area contributed by atoms with Crippen molar-refractivity contribution in [3.63, 3.8) is 0 Å². The Labute approximate surface area is 117 Å². The number of Topliss-reactive ketones (excluding diaryl/α,β-unsaturated/α-hetero) is 1. The molecular weight excluding hydrogens is 256 g/mol. The molecular formula is C15H14N2OS. The molecule has 0 radical (unpaired) electrons. The molecule has 0 bridgehead atoms. The summed E-state index contributed by atoms with van der Waals surface area (Å²) in [6.45, 7) is 3.37. The summed E-state index contributed by atoms with van der Waals surface area (Å²) in [5, 5.41) is 10.4. The fourth-order valence-corrected chi connectivity index (χ4v) is 2.69. The van der Waals surface area contributed by atoms with E-state index in [1.165, 1.54) is 6.92 Å². The number of carbonyl (C=O) groups is 1. The standard InChI is InChI=1S/C15H14N2OS/c1-9-13(10(2)18)14(11-6-4-3-5-7-11)12(8-16)15(19)17-9/h3-7,14,16H,1-2H3,(H,17,19). The van der Waals surface area contributed by atoms with Gasteiger partial charge in [-0.2, -0.15) is 0 Å². The predicted octanol–water partition coefficient (Wildman–Crippen LogP) is 2.74. The topological polar surface area (TPSA) is 53.0 Å². The van der Waals surface area contributed by atoms with Crippen LogP contribution in [0.1, 0.15) is 25.3 Å². The third-order valence-electron chi connectivity index (χ3n) is 3.17. The van der Waals surface area contributed by atoms with Crippen LogP contribution in [0.2, 0.25) is 0 Å². The molecule has 0 saturated heterocycles. The third-order valence-corrected chi connectivity index (χ3v) is 3.50. The van der Waals surface area contributed by atoms with Crippen LogP contribution in [0.5, 0.6) is 0 Å². The Bertz CT molecular complexity index is 625. The van der Waals surface area contributed by atoms with Gasteiger partial charge in [-0.1, -0.05) is 42.5 Å². The van der Waals surface area contributed by atoms with Gasteiger partial charge in [-0.3, -0.25) is 10.2 Å². The maximum Gasteiger partial charge on any atom is 0.158 e. The number of benzene rings is 1. The van der Waals surface area contributed by atoms with Crippen molar-refractivity contribution in [2.45, 2.75) is 19.8 Å². The lowest BCUT2D eigenvalue weighted by Gasteiger charge is -2.29. The molecule has 1 aromatic carbocycles. The Morgan fingerprint density at radius 3 is 2.53 bits per heavy atom. The molecule has 2 N–H and O–H groups in total. The van der Waals surface area contributed by atoms with Crippen molar-refractivity contribution < 1.29 is 4.79 Å². The molecule has 1 aromatic rings. The van der Waals surface area contributed by atoms with Gasteiger partial charge in [0.2, 0.25) is 0 Å². The minimum Gasteiger partial charge on any atom is -0.349 e. The Morgan fingerprint density at radius 2 is 2.00 bits per heavy atom. The number of ketones is 1. The molecule has 0 amide bonds. The Morgan fingerprint density at radius 1 is 1.37 bits per heavy atom. The molecule has 0 spiro atoms. The van der Waals surface area contributed by atoms with E-state index in [1.54, 1.807) is 0 Å². The molecule has 19 heavy (non-hydrogen) atoms. The van der Waals surface area contributed by atoms with Crippen LogP contribution in [0.4, 0.5) is 0 Å². The fraction of sp³-hybridized carbons (Fsp3) is 0.200. The second-order valence-electron chi connectivity index (χ2n) is 4.43. The van der Waals surface area contributed by atoms with Gasteiger partial charge >= 0.3 is 0 Å². The first-order chi connectivity index (χ1) is 9.06. The monoisotopic (exact) mass is 270 g/mol. The molecule has 1 heterocycles. The van der Waals surface area contributed by atoms with Gasteiger partial charge < -0.3 is 5.32 Å². The van der Waals surface area contributed by atoms with Crippen molar-refractivity contribution in [2.75, 3.05) is 0 Å². The molecule has 4 heteroatoms. The molecule has 1 unspecified atom stereocenters. The van der Waals surface area contributed by atoms with Gasteiger partial charge in [0, 0.05) is 11.3 Å². The van der Waals surface area contributed by atoms with Crippen LogP contribution in [-0.4, -0.2) is 16.6 Å². The van der Waals surface area contributed by atoms with Crippen molar-refractivity contribution in [3.8, 4) is 0 Å². The van der Waals surface area contributed by atoms with E-state index in [9.17, 15) is 4.79 Å². The van der Waals surface area contributed by atoms with Crippen LogP contribution in [0.15, 0.2) is 47.2 Å². The quantitative estimate of drug-likeness (QED) is 0.493. The normalized spacial score (nSPS) is 18.9. The lowest BCUT2D eigenvalue weighted by molar-refractivity contribution is -0.113. The first kappa shape index (κ1) is 13.4. The molecule has 0 aromatic heterocycles. The molecule has 2 rings (SSSR count). The van der Waals surface area contributed by atoms with Crippen LogP contribution in [0.3, 0.4) is 0 Å². The number of hydrogen-bond acceptors (Lipinski definition) is 3. The first-order valence-electron chi connectivity index (χ1n) is 5.93. The number of nitrogens with one attached hydrogen (secondary N) is 2. The third kappa shape index (κ3) is 2.41. The van der Waals surface area contributed by atoms with E-state index in [2.05, 4.69) is 11.2 Å². The molecule has 1 atom stereocenters. The minimum absolute atomic E-state index is 0.0193. The number of allylic oxidation sites excluding steroid dienone is 2. The van der Waals surface area contributed by atoms with Crippen molar-refractivity contribution in [1.82, 2.24) is 5.32 Å². The highest BCUT2D eigenvalue weighted by Gasteiger charge is 2.32. The highest BCUT2D eigenvalue weighted by Crippen LogP contribution is 2.36. The maximum absolute atomic E-state index is 11.9. The largest absolute Gasteiger partial charge is 0.349 e. The lowest BCUT2D eigenvalue weighted by atomic mass is 9.80. The average molecular weight is 270 g/mol. The summed E-state index contributed by atoms with van der Waals surface area (Å²) < 4.78 is 0. The van der Waals surface area contributed by atoms with Gasteiger partial charge in [-0.25, -0.2) is 0 Å². The highest BCUT2D eigenvalue weighted by atomic mass is 32.1. The van der Waals surface area contributed by atoms with Gasteiger partial charge in [0.05, 0.1) is 11.5 Å². The summed E-state index contributed by atoms with van der Waals surface area (Å²) in [7, 11) is 0. The molecule has 0 saturated carbocycles. The van der Waals surface area contributed by atoms with Crippen LogP contribution in [-0.2, 0) is 4.79 Å². The molecule has 1 aliphatic rings. The van der Waals surface area contributed by atoms with Crippen LogP contribution >= 0.6 is 12.2 Å². The fourth-order valence-electron chi connectivity index (χ4n) is 2.37. The van der Waals surface area contributed by atoms with Gasteiger partial charge in [0.1, 0.15) is 4.99 Å². The zero-order valence-electron chi connectivity index (χ0n) is 10.8. The number of thiocarbonyl (C=S) groups is 1. The molecule has 3 nitrogen and oxygen atoms in total. The van der Waals surface area contributed by atoms with E-state index in [-0.39, 0.29) is 11.7 Å². The van der Waals surface area contributed by atoms with Crippen LogP contribution in [0.25, 0.3) is 0 Å². The summed E-state index contributed by atoms with van der Waals surface area (Å²) in [4.78, 5) is 12.4. The first-order valence-corrected chi connectivity index (χ1v) is 6.34. The number of rotatable bonds is 2. The second-order valence-corrected chi connectivity index (χ2v) is 4.84. The summed E-state index contributed by atoms with van der Waals surface area (Å²) in [5.41, 5.74) is 2.89. The van der Waals surface area contributed by atoms with Crippen molar-refractivity contribution >= 4 is 28.9 Å². The molecule has 96 valence electrons. The summed E-state index contributed by atoms with van der Waals surface area (Å²) >= 11 is 5.24. The zero-order valence-corrected chi connectivity index (χ0v) is 11.6. The summed E-state index contributed by atoms with van der Waals surface area (Å²) in [5.74, 6) is 2.06. The predicted molar refractivity (Wildman–Crippen MR) is 79.5 cm³/mol. The summed E-state index contributed by atoms with van der Waals surface area (Å²) in [6, 6.07) is 9.61. The van der Waals surface area contributed by atoms with E-state index in [0.29, 0.717) is 16.1 Å². The molecule has 1 aliphatic heterocycles. The molecule has 0 fully saturated rings. The van der Waals surface area contributed by atoms with Crippen LogP contribution in [0, 0.1) is 5.41 Å². The Kier molecular flexibility index (Phi) is 3.74. The molecule has 0 aliphatic carbocycles. The minimum atomic E-state index is -0.301. The van der Waals surface area contributed by atoms with E-state index in [1.807, 2.05) is 37.3 Å². The Hall–Kier alpha value is -2.03. The van der Waals surface area contributed by atoms with Crippen molar-refractivity contribution in [1.29, 1.82) is 5.41 Å². The SMILES string of the molecule is CC(=O)C1=C(C)NC(=S)C(=C=N)C1c1ccccc1. The van der Waals surface area contributed by atoms with Gasteiger partial charge in [-0.15, -0.1) is 0 Å². The van der Waals surface area contributed by atoms with Crippen LogP contribution < -0.4 is 5.32 Å². The van der Waals surface area contributed by atoms with Crippen molar-refractivity contribution in [2.24, 2.45) is 0 Å². The maximum atomic E-state index is 11.9. The number of carbonyl (C=O) groups excluding carboxylic acids is 1. The zero-order chi connectivity index (χ0) is 14.0. The van der Waals surface area contributed by atoms with E-state index < -0.39 is 0 Å². The lowest BCUT2D eigenvalue weighted by Crippen LogP contribution is -2.34. The van der Waals surface area contributed by atoms with E-state index in [4.69, 9.17) is 17.6 Å². The van der Waals surface area contributed by atoms with E-state index >= 15 is 0 Å². The van der Waals surface area contributed by atoms with E-state index in [0.717, 1.165) is 11.3 Å². The van der Waals surface area contributed by atoms with Gasteiger partial charge in [-0.05, 0) is 25.3 Å². The summed E-state index contributed by atoms with van der Waals surface area (Å²) in [6.07, 6.45) is 0. The van der Waals surface area contributed by atoms with Crippen molar-refractivity contribution in [3.05, 3.63) is 52.7 Å². The Balaban J connectivity index is 2.69. The average Bonchev–Trinajstić information content (AvgIpc) is 2.38. The second kappa shape index (κ2) is 5.31.